The fraction of sp³-hybridized carbons (Fsp3) is 0.636. The molecular formula is C22H30N6O. The van der Waals surface area contributed by atoms with Gasteiger partial charge in [0.15, 0.2) is 5.69 Å². The number of fused-ring (bicyclic) bond motifs is 1. The van der Waals surface area contributed by atoms with Crippen molar-refractivity contribution in [3.05, 3.63) is 35.3 Å². The standard InChI is InChI=1S/C22H30N6O/c29-22(23-16-7-1-2-8-16)19-12-13-20(26-25-19)24-18-11-5-6-15-14-28(27-21(15)18)17-9-3-4-10-17/h12-14,16-18H,1-11H2,(H,23,29)(H,24,26). The molecule has 2 heterocycles. The van der Waals surface area contributed by atoms with E-state index in [1.165, 1.54) is 44.1 Å². The highest BCUT2D eigenvalue weighted by atomic mass is 16.2. The van der Waals surface area contributed by atoms with Crippen LogP contribution in [0.2, 0.25) is 0 Å². The number of anilines is 1. The molecule has 29 heavy (non-hydrogen) atoms. The molecule has 0 radical (unpaired) electrons. The van der Waals surface area contributed by atoms with Gasteiger partial charge in [-0.1, -0.05) is 25.7 Å². The number of amides is 1. The first kappa shape index (κ1) is 18.6. The molecule has 154 valence electrons. The zero-order chi connectivity index (χ0) is 19.6. The molecular weight excluding hydrogens is 364 g/mol. The van der Waals surface area contributed by atoms with Crippen LogP contribution in [0.5, 0.6) is 0 Å². The van der Waals surface area contributed by atoms with Crippen LogP contribution in [0.25, 0.3) is 0 Å². The Hall–Kier alpha value is -2.44. The van der Waals surface area contributed by atoms with Crippen molar-refractivity contribution in [2.45, 2.75) is 88.8 Å². The van der Waals surface area contributed by atoms with Crippen molar-refractivity contribution in [1.82, 2.24) is 25.3 Å². The molecule has 3 aliphatic rings. The molecule has 2 fully saturated rings. The molecule has 2 aromatic heterocycles. The summed E-state index contributed by atoms with van der Waals surface area (Å²) in [5.41, 5.74) is 2.91. The number of nitrogens with one attached hydrogen (secondary N) is 2. The van der Waals surface area contributed by atoms with Gasteiger partial charge in [-0.2, -0.15) is 5.10 Å². The summed E-state index contributed by atoms with van der Waals surface area (Å²) in [5.74, 6) is 0.585. The number of hydrogen-bond acceptors (Lipinski definition) is 5. The zero-order valence-corrected chi connectivity index (χ0v) is 16.9. The quantitative estimate of drug-likeness (QED) is 0.802. The molecule has 2 saturated carbocycles. The number of aromatic nitrogens is 4. The van der Waals surface area contributed by atoms with Crippen LogP contribution in [0.3, 0.4) is 0 Å². The molecule has 2 aromatic rings. The first-order valence-electron chi connectivity index (χ1n) is 11.3. The Bertz CT molecular complexity index is 849. The highest BCUT2D eigenvalue weighted by Crippen LogP contribution is 2.35. The van der Waals surface area contributed by atoms with Crippen LogP contribution in [0.15, 0.2) is 18.3 Å². The van der Waals surface area contributed by atoms with Crippen LogP contribution < -0.4 is 10.6 Å². The van der Waals surface area contributed by atoms with E-state index >= 15 is 0 Å². The summed E-state index contributed by atoms with van der Waals surface area (Å²) in [6, 6.07) is 4.64. The topological polar surface area (TPSA) is 84.7 Å². The molecule has 5 rings (SSSR count). The lowest BCUT2D eigenvalue weighted by molar-refractivity contribution is 0.0932. The van der Waals surface area contributed by atoms with Crippen molar-refractivity contribution < 1.29 is 4.79 Å². The monoisotopic (exact) mass is 394 g/mol. The normalized spacial score (nSPS) is 22.6. The van der Waals surface area contributed by atoms with Crippen molar-refractivity contribution in [2.24, 2.45) is 0 Å². The van der Waals surface area contributed by atoms with Crippen LogP contribution in [0, 0.1) is 0 Å². The molecule has 1 atom stereocenters. The fourth-order valence-electron chi connectivity index (χ4n) is 5.10. The maximum atomic E-state index is 12.3. The predicted molar refractivity (Wildman–Crippen MR) is 111 cm³/mol. The summed E-state index contributed by atoms with van der Waals surface area (Å²) in [5, 5.41) is 19.9. The Morgan fingerprint density at radius 2 is 1.76 bits per heavy atom. The minimum absolute atomic E-state index is 0.119. The van der Waals surface area contributed by atoms with Crippen LogP contribution >= 0.6 is 0 Å². The molecule has 0 aromatic carbocycles. The third kappa shape index (κ3) is 4.00. The van der Waals surface area contributed by atoms with E-state index in [4.69, 9.17) is 5.10 Å². The van der Waals surface area contributed by atoms with Crippen molar-refractivity contribution in [2.75, 3.05) is 5.32 Å². The van der Waals surface area contributed by atoms with Crippen molar-refractivity contribution in [1.29, 1.82) is 0 Å². The minimum atomic E-state index is -0.119. The number of carbonyl (C=O) groups is 1. The molecule has 2 N–H and O–H groups in total. The van der Waals surface area contributed by atoms with E-state index in [2.05, 4.69) is 31.7 Å². The molecule has 1 amide bonds. The second-order valence-electron chi connectivity index (χ2n) is 8.81. The maximum absolute atomic E-state index is 12.3. The third-order valence-corrected chi connectivity index (χ3v) is 6.72. The van der Waals surface area contributed by atoms with Gasteiger partial charge in [0.05, 0.1) is 17.8 Å². The lowest BCUT2D eigenvalue weighted by atomic mass is 9.94. The van der Waals surface area contributed by atoms with Crippen LogP contribution in [-0.4, -0.2) is 31.9 Å². The Morgan fingerprint density at radius 3 is 2.52 bits per heavy atom. The summed E-state index contributed by atoms with van der Waals surface area (Å²) in [6.07, 6.45) is 15.2. The van der Waals surface area contributed by atoms with Gasteiger partial charge in [-0.15, -0.1) is 10.2 Å². The SMILES string of the molecule is O=C(NC1CCCC1)c1ccc(NC2CCCc3cn(C4CCCC4)nc32)nn1. The van der Waals surface area contributed by atoms with Gasteiger partial charge < -0.3 is 10.6 Å². The predicted octanol–water partition coefficient (Wildman–Crippen LogP) is 3.95. The van der Waals surface area contributed by atoms with Crippen molar-refractivity contribution >= 4 is 11.7 Å². The van der Waals surface area contributed by atoms with Crippen LogP contribution in [0.1, 0.15) is 98.0 Å². The van der Waals surface area contributed by atoms with E-state index in [1.807, 2.05) is 6.07 Å². The van der Waals surface area contributed by atoms with E-state index in [0.29, 0.717) is 17.6 Å². The summed E-state index contributed by atoms with van der Waals surface area (Å²) < 4.78 is 2.21. The maximum Gasteiger partial charge on any atom is 0.272 e. The Balaban J connectivity index is 1.25. The average Bonchev–Trinajstić information content (AvgIpc) is 3.50. The van der Waals surface area contributed by atoms with Gasteiger partial charge >= 0.3 is 0 Å². The minimum Gasteiger partial charge on any atom is -0.360 e. The highest BCUT2D eigenvalue weighted by Gasteiger charge is 2.27. The van der Waals surface area contributed by atoms with E-state index in [9.17, 15) is 4.79 Å². The molecule has 7 nitrogen and oxygen atoms in total. The first-order valence-corrected chi connectivity index (χ1v) is 11.3. The average molecular weight is 395 g/mol. The first-order chi connectivity index (χ1) is 14.3. The van der Waals surface area contributed by atoms with E-state index in [1.54, 1.807) is 6.07 Å². The summed E-state index contributed by atoms with van der Waals surface area (Å²) in [7, 11) is 0. The van der Waals surface area contributed by atoms with E-state index < -0.39 is 0 Å². The lowest BCUT2D eigenvalue weighted by Crippen LogP contribution is -2.33. The largest absolute Gasteiger partial charge is 0.360 e. The summed E-state index contributed by atoms with van der Waals surface area (Å²) in [4.78, 5) is 12.3. The lowest BCUT2D eigenvalue weighted by Gasteiger charge is -2.22. The number of hydrogen-bond donors (Lipinski definition) is 2. The van der Waals surface area contributed by atoms with Gasteiger partial charge in [0.25, 0.3) is 5.91 Å². The van der Waals surface area contributed by atoms with Crippen LogP contribution in [-0.2, 0) is 6.42 Å². The summed E-state index contributed by atoms with van der Waals surface area (Å²) in [6.45, 7) is 0. The van der Waals surface area contributed by atoms with Crippen molar-refractivity contribution in [3.63, 3.8) is 0 Å². The van der Waals surface area contributed by atoms with Gasteiger partial charge in [-0.05, 0) is 62.6 Å². The Kier molecular flexibility index (Phi) is 5.21. The van der Waals surface area contributed by atoms with Gasteiger partial charge in [0.2, 0.25) is 0 Å². The molecule has 0 saturated heterocycles. The third-order valence-electron chi connectivity index (χ3n) is 6.72. The second-order valence-corrected chi connectivity index (χ2v) is 8.81. The van der Waals surface area contributed by atoms with Gasteiger partial charge in [0.1, 0.15) is 5.82 Å². The Morgan fingerprint density at radius 1 is 0.966 bits per heavy atom. The Labute approximate surface area is 171 Å². The molecule has 7 heteroatoms. The van der Waals surface area contributed by atoms with Crippen molar-refractivity contribution in [3.8, 4) is 0 Å². The molecule has 3 aliphatic carbocycles. The smallest absolute Gasteiger partial charge is 0.272 e. The number of rotatable bonds is 5. The number of carbonyl (C=O) groups excluding carboxylic acids is 1. The van der Waals surface area contributed by atoms with Gasteiger partial charge in [-0.25, -0.2) is 0 Å². The van der Waals surface area contributed by atoms with Gasteiger partial charge in [0, 0.05) is 12.2 Å². The second kappa shape index (κ2) is 8.13. The number of nitrogens with zero attached hydrogens (tertiary/aromatic N) is 4. The zero-order valence-electron chi connectivity index (χ0n) is 16.9. The fourth-order valence-corrected chi connectivity index (χ4v) is 5.10. The van der Waals surface area contributed by atoms with E-state index in [0.717, 1.165) is 37.8 Å². The number of aryl methyl sites for hydroxylation is 1. The molecule has 0 aliphatic heterocycles. The van der Waals surface area contributed by atoms with Gasteiger partial charge in [-0.3, -0.25) is 9.48 Å². The summed E-state index contributed by atoms with van der Waals surface area (Å²) >= 11 is 0. The molecule has 1 unspecified atom stereocenters. The van der Waals surface area contributed by atoms with Crippen LogP contribution in [0.4, 0.5) is 5.82 Å². The molecule has 0 bridgehead atoms. The molecule has 0 spiro atoms. The van der Waals surface area contributed by atoms with E-state index in [-0.39, 0.29) is 18.0 Å². The highest BCUT2D eigenvalue weighted by molar-refractivity contribution is 5.92.